The highest BCUT2D eigenvalue weighted by atomic mass is 32.1. The minimum absolute atomic E-state index is 0.487. The maximum Gasteiger partial charge on any atom is 0.309 e. The molecule has 0 aliphatic rings. The molecule has 1 aromatic carbocycles. The van der Waals surface area contributed by atoms with Crippen molar-refractivity contribution in [3.63, 3.8) is 0 Å². The summed E-state index contributed by atoms with van der Waals surface area (Å²) in [6.45, 7) is 1.92. The van der Waals surface area contributed by atoms with E-state index in [4.69, 9.17) is 0 Å². The van der Waals surface area contributed by atoms with Crippen LogP contribution in [0.3, 0.4) is 0 Å². The van der Waals surface area contributed by atoms with Gasteiger partial charge in [0.15, 0.2) is 0 Å². The van der Waals surface area contributed by atoms with E-state index in [2.05, 4.69) is 0 Å². The second-order valence-electron chi connectivity index (χ2n) is 4.37. The number of carboxylic acid groups (broad SMARTS) is 1. The molecule has 2 atom stereocenters. The van der Waals surface area contributed by atoms with Gasteiger partial charge in [-0.1, -0.05) is 31.5 Å². The third kappa shape index (κ3) is 2.40. The fraction of sp³-hybridized carbons (Fsp3) is 0.357. The second kappa shape index (κ2) is 5.50. The zero-order valence-corrected chi connectivity index (χ0v) is 11.0. The zero-order chi connectivity index (χ0) is 13.1. The Morgan fingerprint density at radius 3 is 2.78 bits per heavy atom. The molecule has 0 aliphatic heterocycles. The van der Waals surface area contributed by atoms with Crippen LogP contribution in [0.5, 0.6) is 0 Å². The Labute approximate surface area is 110 Å². The van der Waals surface area contributed by atoms with Crippen molar-refractivity contribution in [1.29, 1.82) is 0 Å². The van der Waals surface area contributed by atoms with Gasteiger partial charge < -0.3 is 10.2 Å². The van der Waals surface area contributed by atoms with Crippen LogP contribution in [-0.4, -0.2) is 16.2 Å². The van der Waals surface area contributed by atoms with E-state index in [-0.39, 0.29) is 0 Å². The Bertz CT molecular complexity index is 547. The van der Waals surface area contributed by atoms with Gasteiger partial charge in [0.05, 0.1) is 12.0 Å². The summed E-state index contributed by atoms with van der Waals surface area (Å²) in [5, 5.41) is 22.3. The molecule has 0 fully saturated rings. The number of hydrogen-bond donors (Lipinski definition) is 2. The van der Waals surface area contributed by atoms with Gasteiger partial charge in [0.1, 0.15) is 0 Å². The molecule has 2 N–H and O–H groups in total. The fourth-order valence-corrected chi connectivity index (χ4v) is 3.16. The normalized spacial score (nSPS) is 14.6. The molecule has 0 spiro atoms. The Morgan fingerprint density at radius 2 is 2.11 bits per heavy atom. The summed E-state index contributed by atoms with van der Waals surface area (Å²) >= 11 is 1.54. The van der Waals surface area contributed by atoms with Crippen molar-refractivity contribution in [2.45, 2.75) is 25.9 Å². The zero-order valence-electron chi connectivity index (χ0n) is 10.2. The Balaban J connectivity index is 2.37. The Morgan fingerprint density at radius 1 is 1.39 bits per heavy atom. The average Bonchev–Trinajstić information content (AvgIpc) is 2.78. The van der Waals surface area contributed by atoms with Crippen molar-refractivity contribution < 1.29 is 15.0 Å². The lowest BCUT2D eigenvalue weighted by atomic mass is 9.92. The molecule has 3 nitrogen and oxygen atoms in total. The largest absolute Gasteiger partial charge is 0.481 e. The third-order valence-corrected chi connectivity index (χ3v) is 4.11. The molecule has 4 heteroatoms. The SMILES string of the molecule is CCCC(C(=O)O)C(O)c1csc2ccccc12. The van der Waals surface area contributed by atoms with E-state index in [1.165, 1.54) is 11.3 Å². The number of thiophene rings is 1. The van der Waals surface area contributed by atoms with Crippen molar-refractivity contribution in [1.82, 2.24) is 0 Å². The number of fused-ring (bicyclic) bond motifs is 1. The van der Waals surface area contributed by atoms with Crippen LogP contribution in [0, 0.1) is 5.92 Å². The first kappa shape index (κ1) is 13.1. The topological polar surface area (TPSA) is 57.5 Å². The van der Waals surface area contributed by atoms with Gasteiger partial charge in [-0.05, 0) is 28.8 Å². The van der Waals surface area contributed by atoms with Crippen LogP contribution in [-0.2, 0) is 4.79 Å². The molecule has 0 aliphatic carbocycles. The lowest BCUT2D eigenvalue weighted by molar-refractivity contribution is -0.146. The molecule has 1 aromatic heterocycles. The molecule has 2 rings (SSSR count). The molecule has 1 heterocycles. The van der Waals surface area contributed by atoms with Gasteiger partial charge in [0.2, 0.25) is 0 Å². The van der Waals surface area contributed by atoms with Gasteiger partial charge in [0.25, 0.3) is 0 Å². The number of benzene rings is 1. The van der Waals surface area contributed by atoms with Crippen LogP contribution in [0.4, 0.5) is 0 Å². The monoisotopic (exact) mass is 264 g/mol. The van der Waals surface area contributed by atoms with Crippen molar-refractivity contribution >= 4 is 27.4 Å². The van der Waals surface area contributed by atoms with Crippen LogP contribution >= 0.6 is 11.3 Å². The van der Waals surface area contributed by atoms with E-state index in [0.717, 1.165) is 22.1 Å². The Kier molecular flexibility index (Phi) is 3.99. The predicted molar refractivity (Wildman–Crippen MR) is 72.8 cm³/mol. The fourth-order valence-electron chi connectivity index (χ4n) is 2.17. The summed E-state index contributed by atoms with van der Waals surface area (Å²) < 4.78 is 1.08. The van der Waals surface area contributed by atoms with Gasteiger partial charge >= 0.3 is 5.97 Å². The van der Waals surface area contributed by atoms with Crippen LogP contribution in [0.25, 0.3) is 10.1 Å². The summed E-state index contributed by atoms with van der Waals surface area (Å²) in [7, 11) is 0. The molecule has 0 amide bonds. The molecule has 0 bridgehead atoms. The summed E-state index contributed by atoms with van der Waals surface area (Å²) in [4.78, 5) is 11.2. The summed E-state index contributed by atoms with van der Waals surface area (Å²) in [5.74, 6) is -1.66. The number of aliphatic hydroxyl groups is 1. The van der Waals surface area contributed by atoms with Crippen LogP contribution in [0.15, 0.2) is 29.6 Å². The first-order valence-electron chi connectivity index (χ1n) is 6.02. The van der Waals surface area contributed by atoms with Crippen molar-refractivity contribution in [3.05, 3.63) is 35.2 Å². The van der Waals surface area contributed by atoms with Crippen molar-refractivity contribution in [2.24, 2.45) is 5.92 Å². The average molecular weight is 264 g/mol. The highest BCUT2D eigenvalue weighted by Gasteiger charge is 2.28. The maximum absolute atomic E-state index is 11.2. The van der Waals surface area contributed by atoms with Crippen LogP contribution in [0.2, 0.25) is 0 Å². The van der Waals surface area contributed by atoms with Gasteiger partial charge in [-0.15, -0.1) is 11.3 Å². The lowest BCUT2D eigenvalue weighted by Gasteiger charge is -2.18. The van der Waals surface area contributed by atoms with Crippen LogP contribution < -0.4 is 0 Å². The first-order chi connectivity index (χ1) is 8.65. The summed E-state index contributed by atoms with van der Waals surface area (Å²) in [6.07, 6.45) is 0.301. The van der Waals surface area contributed by atoms with Crippen LogP contribution in [0.1, 0.15) is 31.4 Å². The smallest absolute Gasteiger partial charge is 0.309 e. The van der Waals surface area contributed by atoms with E-state index in [1.807, 2.05) is 36.6 Å². The first-order valence-corrected chi connectivity index (χ1v) is 6.90. The lowest BCUT2D eigenvalue weighted by Crippen LogP contribution is -2.21. The quantitative estimate of drug-likeness (QED) is 0.869. The standard InChI is InChI=1S/C14H16O3S/c1-2-5-10(14(16)17)13(15)11-8-18-12-7-4-3-6-9(11)12/h3-4,6-8,10,13,15H,2,5H2,1H3,(H,16,17). The van der Waals surface area contributed by atoms with Gasteiger partial charge in [-0.3, -0.25) is 4.79 Å². The number of hydrogen-bond acceptors (Lipinski definition) is 3. The highest BCUT2D eigenvalue weighted by molar-refractivity contribution is 7.17. The molecule has 18 heavy (non-hydrogen) atoms. The second-order valence-corrected chi connectivity index (χ2v) is 5.28. The number of aliphatic hydroxyl groups excluding tert-OH is 1. The predicted octanol–water partition coefficient (Wildman–Crippen LogP) is 3.44. The number of carboxylic acids is 1. The van der Waals surface area contributed by atoms with Gasteiger partial charge in [0, 0.05) is 4.70 Å². The summed E-state index contributed by atoms with van der Waals surface area (Å²) in [6, 6.07) is 7.75. The van der Waals surface area contributed by atoms with E-state index >= 15 is 0 Å². The highest BCUT2D eigenvalue weighted by Crippen LogP contribution is 2.35. The van der Waals surface area contributed by atoms with Crippen molar-refractivity contribution in [3.8, 4) is 0 Å². The third-order valence-electron chi connectivity index (χ3n) is 3.13. The van der Waals surface area contributed by atoms with Gasteiger partial charge in [-0.25, -0.2) is 0 Å². The molecule has 0 radical (unpaired) electrons. The maximum atomic E-state index is 11.2. The van der Waals surface area contributed by atoms with E-state index in [9.17, 15) is 15.0 Å². The minimum atomic E-state index is -0.932. The molecule has 2 unspecified atom stereocenters. The Hall–Kier alpha value is -1.39. The number of aliphatic carboxylic acids is 1. The molecule has 2 aromatic rings. The molecular formula is C14H16O3S. The van der Waals surface area contributed by atoms with Crippen molar-refractivity contribution in [2.75, 3.05) is 0 Å². The van der Waals surface area contributed by atoms with E-state index < -0.39 is 18.0 Å². The molecule has 0 saturated carbocycles. The van der Waals surface area contributed by atoms with E-state index in [1.54, 1.807) is 0 Å². The van der Waals surface area contributed by atoms with Gasteiger partial charge in [-0.2, -0.15) is 0 Å². The minimum Gasteiger partial charge on any atom is -0.481 e. The molecular weight excluding hydrogens is 248 g/mol. The molecule has 96 valence electrons. The molecule has 0 saturated heterocycles. The number of carbonyl (C=O) groups is 1. The van der Waals surface area contributed by atoms with E-state index in [0.29, 0.717) is 6.42 Å². The number of rotatable bonds is 5. The summed E-state index contributed by atoms with van der Waals surface area (Å²) in [5.41, 5.74) is 0.733.